The van der Waals surface area contributed by atoms with E-state index in [9.17, 15) is 19.7 Å². The first kappa shape index (κ1) is 19.8. The minimum absolute atomic E-state index is 0.0335. The Morgan fingerprint density at radius 1 is 0.966 bits per heavy atom. The van der Waals surface area contributed by atoms with E-state index in [1.807, 2.05) is 0 Å². The summed E-state index contributed by atoms with van der Waals surface area (Å²) >= 11 is 5.78. The Hall–Kier alpha value is -3.91. The minimum Gasteiger partial charge on any atom is -0.450 e. The van der Waals surface area contributed by atoms with E-state index in [2.05, 4.69) is 5.32 Å². The fourth-order valence-corrected chi connectivity index (χ4v) is 2.61. The van der Waals surface area contributed by atoms with Crippen LogP contribution in [0.15, 0.2) is 66.7 Å². The van der Waals surface area contributed by atoms with Crippen LogP contribution in [0.2, 0.25) is 5.02 Å². The number of primary amides is 1. The molecule has 2 amide bonds. The smallest absolute Gasteiger partial charge is 0.313 e. The second kappa shape index (κ2) is 8.41. The molecule has 146 valence electrons. The quantitative estimate of drug-likeness (QED) is 0.459. The highest BCUT2D eigenvalue weighted by Gasteiger charge is 2.16. The van der Waals surface area contributed by atoms with Gasteiger partial charge in [-0.3, -0.25) is 19.7 Å². The first-order valence-electron chi connectivity index (χ1n) is 8.26. The standard InChI is InChI=1S/C20H14ClN3O5/c21-14-5-10-18(17(11-14)24(27)28)29-16-8-3-13(4-9-16)20(26)23-15-6-1-12(2-7-15)19(22)25/h1-11H,(H2,22,25)(H,23,26). The van der Waals surface area contributed by atoms with Gasteiger partial charge < -0.3 is 15.8 Å². The SMILES string of the molecule is NC(=O)c1ccc(NC(=O)c2ccc(Oc3ccc(Cl)cc3[N+](=O)[O-])cc2)cc1. The summed E-state index contributed by atoms with van der Waals surface area (Å²) in [5, 5.41) is 14.0. The number of rotatable bonds is 6. The molecule has 0 aromatic heterocycles. The number of nitrogens with two attached hydrogens (primary N) is 1. The number of nitrogens with zero attached hydrogens (tertiary/aromatic N) is 1. The first-order chi connectivity index (χ1) is 13.8. The largest absolute Gasteiger partial charge is 0.450 e. The van der Waals surface area contributed by atoms with Gasteiger partial charge in [-0.1, -0.05) is 11.6 Å². The fraction of sp³-hybridized carbons (Fsp3) is 0. The van der Waals surface area contributed by atoms with Gasteiger partial charge in [0.15, 0.2) is 0 Å². The number of hydrogen-bond acceptors (Lipinski definition) is 5. The topological polar surface area (TPSA) is 125 Å². The number of nitrogens with one attached hydrogen (secondary N) is 1. The summed E-state index contributed by atoms with van der Waals surface area (Å²) < 4.78 is 5.54. The maximum atomic E-state index is 12.3. The monoisotopic (exact) mass is 411 g/mol. The number of amides is 2. The average molecular weight is 412 g/mol. The van der Waals surface area contributed by atoms with E-state index in [-0.39, 0.29) is 22.4 Å². The lowest BCUT2D eigenvalue weighted by Gasteiger charge is -2.08. The number of benzene rings is 3. The number of ether oxygens (including phenoxy) is 1. The van der Waals surface area contributed by atoms with Crippen molar-refractivity contribution in [3.8, 4) is 11.5 Å². The van der Waals surface area contributed by atoms with Gasteiger partial charge in [0.1, 0.15) is 5.75 Å². The van der Waals surface area contributed by atoms with Gasteiger partial charge in [0, 0.05) is 27.9 Å². The third-order valence-electron chi connectivity index (χ3n) is 3.89. The fourth-order valence-electron chi connectivity index (χ4n) is 2.44. The molecule has 0 fully saturated rings. The molecule has 0 heterocycles. The molecule has 0 aliphatic carbocycles. The Labute approximate surface area is 170 Å². The highest BCUT2D eigenvalue weighted by Crippen LogP contribution is 2.33. The average Bonchev–Trinajstić information content (AvgIpc) is 2.70. The van der Waals surface area contributed by atoms with Gasteiger partial charge in [-0.25, -0.2) is 0 Å². The second-order valence-corrected chi connectivity index (χ2v) is 6.33. The van der Waals surface area contributed by atoms with Gasteiger partial charge in [0.05, 0.1) is 4.92 Å². The molecular formula is C20H14ClN3O5. The molecule has 0 bridgehead atoms. The molecule has 0 saturated carbocycles. The minimum atomic E-state index is -0.591. The van der Waals surface area contributed by atoms with Gasteiger partial charge in [-0.15, -0.1) is 0 Å². The maximum absolute atomic E-state index is 12.3. The van der Waals surface area contributed by atoms with Gasteiger partial charge in [-0.05, 0) is 60.7 Å². The van der Waals surface area contributed by atoms with Crippen LogP contribution in [0.25, 0.3) is 0 Å². The molecule has 3 rings (SSSR count). The molecule has 8 nitrogen and oxygen atoms in total. The number of anilines is 1. The molecular weight excluding hydrogens is 398 g/mol. The van der Waals surface area contributed by atoms with Crippen molar-refractivity contribution in [3.05, 3.63) is 93.0 Å². The van der Waals surface area contributed by atoms with Crippen molar-refractivity contribution in [2.45, 2.75) is 0 Å². The molecule has 3 N–H and O–H groups in total. The van der Waals surface area contributed by atoms with Crippen molar-refractivity contribution >= 4 is 34.8 Å². The van der Waals surface area contributed by atoms with Crippen molar-refractivity contribution in [2.75, 3.05) is 5.32 Å². The second-order valence-electron chi connectivity index (χ2n) is 5.89. The van der Waals surface area contributed by atoms with Crippen molar-refractivity contribution < 1.29 is 19.2 Å². The third kappa shape index (κ3) is 4.88. The summed E-state index contributed by atoms with van der Waals surface area (Å²) in [5.74, 6) is -0.579. The van der Waals surface area contributed by atoms with E-state index in [0.29, 0.717) is 22.6 Å². The van der Waals surface area contributed by atoms with Crippen LogP contribution >= 0.6 is 11.6 Å². The van der Waals surface area contributed by atoms with E-state index in [0.717, 1.165) is 0 Å². The molecule has 0 aliphatic heterocycles. The van der Waals surface area contributed by atoms with E-state index in [1.165, 1.54) is 54.6 Å². The van der Waals surface area contributed by atoms with Gasteiger partial charge in [0.25, 0.3) is 5.91 Å². The van der Waals surface area contributed by atoms with Crippen molar-refractivity contribution in [1.29, 1.82) is 0 Å². The summed E-state index contributed by atoms with van der Waals surface area (Å²) in [4.78, 5) is 33.9. The Kier molecular flexibility index (Phi) is 5.75. The van der Waals surface area contributed by atoms with Crippen LogP contribution < -0.4 is 15.8 Å². The Morgan fingerprint density at radius 3 is 2.17 bits per heavy atom. The molecule has 3 aromatic rings. The van der Waals surface area contributed by atoms with E-state index in [1.54, 1.807) is 12.1 Å². The van der Waals surface area contributed by atoms with Crippen LogP contribution in [0.5, 0.6) is 11.5 Å². The highest BCUT2D eigenvalue weighted by atomic mass is 35.5. The number of hydrogen-bond donors (Lipinski definition) is 2. The number of nitro benzene ring substituents is 1. The summed E-state index contributed by atoms with van der Waals surface area (Å²) in [6.45, 7) is 0. The summed E-state index contributed by atoms with van der Waals surface area (Å²) in [6, 6.07) is 16.3. The van der Waals surface area contributed by atoms with Crippen LogP contribution in [-0.4, -0.2) is 16.7 Å². The maximum Gasteiger partial charge on any atom is 0.313 e. The van der Waals surface area contributed by atoms with Crippen molar-refractivity contribution in [3.63, 3.8) is 0 Å². The lowest BCUT2D eigenvalue weighted by molar-refractivity contribution is -0.385. The summed E-state index contributed by atoms with van der Waals surface area (Å²) in [6.07, 6.45) is 0. The molecule has 0 aliphatic rings. The number of halogens is 1. The number of carbonyl (C=O) groups excluding carboxylic acids is 2. The van der Waals surface area contributed by atoms with Crippen LogP contribution in [0.4, 0.5) is 11.4 Å². The normalized spacial score (nSPS) is 10.2. The van der Waals surface area contributed by atoms with Gasteiger partial charge in [0.2, 0.25) is 11.7 Å². The van der Waals surface area contributed by atoms with Crippen LogP contribution in [0, 0.1) is 10.1 Å². The molecule has 0 saturated heterocycles. The van der Waals surface area contributed by atoms with E-state index < -0.39 is 10.8 Å². The van der Waals surface area contributed by atoms with Gasteiger partial charge in [-0.2, -0.15) is 0 Å². The molecule has 9 heteroatoms. The summed E-state index contributed by atoms with van der Waals surface area (Å²) in [5.41, 5.74) is 6.09. The highest BCUT2D eigenvalue weighted by molar-refractivity contribution is 6.30. The first-order valence-corrected chi connectivity index (χ1v) is 8.64. The molecule has 0 radical (unpaired) electrons. The zero-order chi connectivity index (χ0) is 21.0. The van der Waals surface area contributed by atoms with Crippen molar-refractivity contribution in [2.24, 2.45) is 5.73 Å². The zero-order valence-corrected chi connectivity index (χ0v) is 15.6. The molecule has 3 aromatic carbocycles. The van der Waals surface area contributed by atoms with Crippen LogP contribution in [0.3, 0.4) is 0 Å². The summed E-state index contributed by atoms with van der Waals surface area (Å²) in [7, 11) is 0. The van der Waals surface area contributed by atoms with Crippen LogP contribution in [-0.2, 0) is 0 Å². The number of nitro groups is 1. The molecule has 0 unspecified atom stereocenters. The van der Waals surface area contributed by atoms with E-state index >= 15 is 0 Å². The molecule has 0 spiro atoms. The number of carbonyl (C=O) groups is 2. The zero-order valence-electron chi connectivity index (χ0n) is 14.8. The van der Waals surface area contributed by atoms with Gasteiger partial charge >= 0.3 is 5.69 Å². The van der Waals surface area contributed by atoms with Crippen molar-refractivity contribution in [1.82, 2.24) is 0 Å². The lowest BCUT2D eigenvalue weighted by atomic mass is 10.1. The molecule has 0 atom stereocenters. The van der Waals surface area contributed by atoms with E-state index in [4.69, 9.17) is 22.1 Å². The third-order valence-corrected chi connectivity index (χ3v) is 4.12. The Bertz CT molecular complexity index is 1080. The predicted octanol–water partition coefficient (Wildman–Crippen LogP) is 4.39. The Balaban J connectivity index is 1.71. The van der Waals surface area contributed by atoms with Crippen LogP contribution in [0.1, 0.15) is 20.7 Å². The molecule has 29 heavy (non-hydrogen) atoms. The predicted molar refractivity (Wildman–Crippen MR) is 108 cm³/mol. The lowest BCUT2D eigenvalue weighted by Crippen LogP contribution is -2.13. The Morgan fingerprint density at radius 2 is 1.59 bits per heavy atom.